The summed E-state index contributed by atoms with van der Waals surface area (Å²) < 4.78 is 5.80. The van der Waals surface area contributed by atoms with Crippen molar-refractivity contribution in [2.45, 2.75) is 51.0 Å². The molecule has 0 spiro atoms. The van der Waals surface area contributed by atoms with Crippen LogP contribution in [0.1, 0.15) is 44.9 Å². The van der Waals surface area contributed by atoms with E-state index in [1.54, 1.807) is 0 Å². The zero-order chi connectivity index (χ0) is 14.8. The third-order valence-electron chi connectivity index (χ3n) is 4.34. The Kier molecular flexibility index (Phi) is 7.61. The van der Waals surface area contributed by atoms with Gasteiger partial charge in [0, 0.05) is 12.6 Å². The number of benzene rings is 1. The summed E-state index contributed by atoms with van der Waals surface area (Å²) in [6.45, 7) is 3.88. The SMILES string of the molecule is NCCCN(CCCOc1ccccc1)C1CCCCC1. The molecule has 0 unspecified atom stereocenters. The van der Waals surface area contributed by atoms with Crippen molar-refractivity contribution in [3.8, 4) is 5.75 Å². The molecular weight excluding hydrogens is 260 g/mol. The molecule has 0 aromatic heterocycles. The van der Waals surface area contributed by atoms with Gasteiger partial charge in [0.2, 0.25) is 0 Å². The molecule has 2 rings (SSSR count). The van der Waals surface area contributed by atoms with E-state index in [-0.39, 0.29) is 0 Å². The first kappa shape index (κ1) is 16.3. The number of para-hydroxylation sites is 1. The molecule has 21 heavy (non-hydrogen) atoms. The van der Waals surface area contributed by atoms with Crippen LogP contribution in [-0.4, -0.2) is 37.2 Å². The Bertz CT molecular complexity index is 363. The van der Waals surface area contributed by atoms with Crippen molar-refractivity contribution in [3.05, 3.63) is 30.3 Å². The first-order chi connectivity index (χ1) is 10.4. The molecule has 0 saturated heterocycles. The zero-order valence-electron chi connectivity index (χ0n) is 13.2. The molecule has 2 N–H and O–H groups in total. The van der Waals surface area contributed by atoms with Crippen molar-refractivity contribution in [1.82, 2.24) is 4.90 Å². The lowest BCUT2D eigenvalue weighted by atomic mass is 9.94. The lowest BCUT2D eigenvalue weighted by molar-refractivity contribution is 0.144. The molecule has 1 aliphatic rings. The average Bonchev–Trinajstić information content (AvgIpc) is 2.56. The largest absolute Gasteiger partial charge is 0.494 e. The van der Waals surface area contributed by atoms with Gasteiger partial charge in [-0.25, -0.2) is 0 Å². The minimum absolute atomic E-state index is 0.780. The van der Waals surface area contributed by atoms with Crippen molar-refractivity contribution < 1.29 is 4.74 Å². The maximum Gasteiger partial charge on any atom is 0.119 e. The molecule has 0 aliphatic heterocycles. The molecule has 1 saturated carbocycles. The standard InChI is InChI=1S/C18H30N2O/c19-13-7-14-20(17-9-3-1-4-10-17)15-8-16-21-18-11-5-2-6-12-18/h2,5-6,11-12,17H,1,3-4,7-10,13-16,19H2. The first-order valence-electron chi connectivity index (χ1n) is 8.52. The summed E-state index contributed by atoms with van der Waals surface area (Å²) in [6.07, 6.45) is 9.13. The highest BCUT2D eigenvalue weighted by Gasteiger charge is 2.20. The van der Waals surface area contributed by atoms with Gasteiger partial charge in [0.25, 0.3) is 0 Å². The van der Waals surface area contributed by atoms with Crippen LogP contribution in [0.25, 0.3) is 0 Å². The van der Waals surface area contributed by atoms with Crippen LogP contribution in [0.3, 0.4) is 0 Å². The highest BCUT2D eigenvalue weighted by molar-refractivity contribution is 5.20. The number of nitrogens with zero attached hydrogens (tertiary/aromatic N) is 1. The number of nitrogens with two attached hydrogens (primary N) is 1. The average molecular weight is 290 g/mol. The summed E-state index contributed by atoms with van der Waals surface area (Å²) in [5.41, 5.74) is 5.69. The fourth-order valence-corrected chi connectivity index (χ4v) is 3.19. The van der Waals surface area contributed by atoms with Crippen LogP contribution in [0.15, 0.2) is 30.3 Å². The molecule has 0 amide bonds. The van der Waals surface area contributed by atoms with Gasteiger partial charge in [0.05, 0.1) is 6.61 Å². The summed E-state index contributed by atoms with van der Waals surface area (Å²) >= 11 is 0. The van der Waals surface area contributed by atoms with E-state index < -0.39 is 0 Å². The molecule has 0 radical (unpaired) electrons. The Morgan fingerprint density at radius 1 is 1.00 bits per heavy atom. The molecule has 1 aliphatic carbocycles. The second kappa shape index (κ2) is 9.80. The summed E-state index contributed by atoms with van der Waals surface area (Å²) in [6, 6.07) is 10.9. The highest BCUT2D eigenvalue weighted by Crippen LogP contribution is 2.23. The molecule has 1 aromatic rings. The van der Waals surface area contributed by atoms with Crippen LogP contribution in [0, 0.1) is 0 Å². The van der Waals surface area contributed by atoms with Gasteiger partial charge < -0.3 is 15.4 Å². The van der Waals surface area contributed by atoms with Gasteiger partial charge in [-0.05, 0) is 50.9 Å². The van der Waals surface area contributed by atoms with Crippen LogP contribution in [0.2, 0.25) is 0 Å². The first-order valence-corrected chi connectivity index (χ1v) is 8.52. The molecule has 3 nitrogen and oxygen atoms in total. The summed E-state index contributed by atoms with van der Waals surface area (Å²) in [4.78, 5) is 2.65. The lowest BCUT2D eigenvalue weighted by Gasteiger charge is -2.34. The highest BCUT2D eigenvalue weighted by atomic mass is 16.5. The molecule has 118 valence electrons. The predicted octanol–water partition coefficient (Wildman–Crippen LogP) is 3.44. The monoisotopic (exact) mass is 290 g/mol. The topological polar surface area (TPSA) is 38.5 Å². The van der Waals surface area contributed by atoms with Gasteiger partial charge in [-0.3, -0.25) is 0 Å². The van der Waals surface area contributed by atoms with E-state index in [1.165, 1.54) is 32.1 Å². The van der Waals surface area contributed by atoms with Crippen molar-refractivity contribution in [3.63, 3.8) is 0 Å². The fraction of sp³-hybridized carbons (Fsp3) is 0.667. The Hall–Kier alpha value is -1.06. The van der Waals surface area contributed by atoms with Crippen LogP contribution >= 0.6 is 0 Å². The molecule has 3 heteroatoms. The Labute approximate surface area is 129 Å². The molecule has 0 atom stereocenters. The minimum atomic E-state index is 0.780. The maximum atomic E-state index is 5.80. The molecule has 0 bridgehead atoms. The van der Waals surface area contributed by atoms with Gasteiger partial charge >= 0.3 is 0 Å². The second-order valence-corrected chi connectivity index (χ2v) is 5.99. The van der Waals surface area contributed by atoms with Crippen LogP contribution in [0.5, 0.6) is 5.75 Å². The Balaban J connectivity index is 1.70. The Morgan fingerprint density at radius 2 is 1.71 bits per heavy atom. The van der Waals surface area contributed by atoms with Gasteiger partial charge in [-0.1, -0.05) is 37.5 Å². The number of hydrogen-bond acceptors (Lipinski definition) is 3. The predicted molar refractivity (Wildman–Crippen MR) is 88.7 cm³/mol. The van der Waals surface area contributed by atoms with E-state index in [9.17, 15) is 0 Å². The van der Waals surface area contributed by atoms with Crippen LogP contribution in [-0.2, 0) is 0 Å². The van der Waals surface area contributed by atoms with Crippen molar-refractivity contribution in [1.29, 1.82) is 0 Å². The summed E-state index contributed by atoms with van der Waals surface area (Å²) in [5, 5.41) is 0. The van der Waals surface area contributed by atoms with Gasteiger partial charge in [-0.15, -0.1) is 0 Å². The van der Waals surface area contributed by atoms with E-state index in [2.05, 4.69) is 4.90 Å². The summed E-state index contributed by atoms with van der Waals surface area (Å²) in [5.74, 6) is 0.976. The fourth-order valence-electron chi connectivity index (χ4n) is 3.19. The van der Waals surface area contributed by atoms with Gasteiger partial charge in [0.15, 0.2) is 0 Å². The quantitative estimate of drug-likeness (QED) is 0.708. The lowest BCUT2D eigenvalue weighted by Crippen LogP contribution is -2.39. The molecular formula is C18H30N2O. The summed E-state index contributed by atoms with van der Waals surface area (Å²) in [7, 11) is 0. The van der Waals surface area contributed by atoms with Crippen molar-refractivity contribution >= 4 is 0 Å². The van der Waals surface area contributed by atoms with E-state index in [0.29, 0.717) is 0 Å². The van der Waals surface area contributed by atoms with Gasteiger partial charge in [-0.2, -0.15) is 0 Å². The van der Waals surface area contributed by atoms with Crippen molar-refractivity contribution in [2.24, 2.45) is 5.73 Å². The van der Waals surface area contributed by atoms with Crippen molar-refractivity contribution in [2.75, 3.05) is 26.2 Å². The third kappa shape index (κ3) is 6.06. The van der Waals surface area contributed by atoms with E-state index >= 15 is 0 Å². The molecule has 1 aromatic carbocycles. The molecule has 1 fully saturated rings. The smallest absolute Gasteiger partial charge is 0.119 e. The molecule has 0 heterocycles. The third-order valence-corrected chi connectivity index (χ3v) is 4.34. The minimum Gasteiger partial charge on any atom is -0.494 e. The normalized spacial score (nSPS) is 16.3. The second-order valence-electron chi connectivity index (χ2n) is 5.99. The van der Waals surface area contributed by atoms with E-state index in [0.717, 1.165) is 50.9 Å². The van der Waals surface area contributed by atoms with Crippen LogP contribution in [0.4, 0.5) is 0 Å². The van der Waals surface area contributed by atoms with E-state index in [4.69, 9.17) is 10.5 Å². The number of rotatable bonds is 9. The van der Waals surface area contributed by atoms with Gasteiger partial charge in [0.1, 0.15) is 5.75 Å². The van der Waals surface area contributed by atoms with Crippen LogP contribution < -0.4 is 10.5 Å². The zero-order valence-corrected chi connectivity index (χ0v) is 13.2. The van der Waals surface area contributed by atoms with E-state index in [1.807, 2.05) is 30.3 Å². The Morgan fingerprint density at radius 3 is 2.43 bits per heavy atom. The maximum absolute atomic E-state index is 5.80. The number of ether oxygens (including phenoxy) is 1. The number of hydrogen-bond donors (Lipinski definition) is 1.